The molecule has 8 heteroatoms. The van der Waals surface area contributed by atoms with Gasteiger partial charge in [-0.15, -0.1) is 0 Å². The Morgan fingerprint density at radius 2 is 0.800 bits per heavy atom. The van der Waals surface area contributed by atoms with Gasteiger partial charge in [-0.1, -0.05) is 0 Å². The zero-order chi connectivity index (χ0) is 16.2. The van der Waals surface area contributed by atoms with Crippen LogP contribution in [0.3, 0.4) is 0 Å². The van der Waals surface area contributed by atoms with Gasteiger partial charge in [-0.25, -0.2) is 0 Å². The molecule has 0 bridgehead atoms. The van der Waals surface area contributed by atoms with Crippen molar-refractivity contribution in [3.8, 4) is 24.3 Å². The largest absolute Gasteiger partial charge is 0.386 e. The van der Waals surface area contributed by atoms with Crippen molar-refractivity contribution in [2.24, 2.45) is 0 Å². The van der Waals surface area contributed by atoms with Gasteiger partial charge in [-0.3, -0.25) is 0 Å². The van der Waals surface area contributed by atoms with Crippen molar-refractivity contribution in [3.05, 3.63) is 0 Å². The maximum Gasteiger partial charge on any atom is 0.288 e. The summed E-state index contributed by atoms with van der Waals surface area (Å²) in [7, 11) is -4.73. The van der Waals surface area contributed by atoms with Crippen molar-refractivity contribution in [1.29, 1.82) is 21.0 Å². The summed E-state index contributed by atoms with van der Waals surface area (Å²) in [6, 6.07) is 6.76. The summed E-state index contributed by atoms with van der Waals surface area (Å²) in [5.74, 6) is 0. The normalized spacial score (nSPS) is 12.7. The first-order chi connectivity index (χ1) is 8.91. The van der Waals surface area contributed by atoms with Crippen molar-refractivity contribution >= 4 is 16.6 Å². The molecule has 0 amide bonds. The van der Waals surface area contributed by atoms with Crippen molar-refractivity contribution in [3.63, 3.8) is 0 Å². The molecular weight excluding hydrogens is 288 g/mol. The highest BCUT2D eigenvalue weighted by Crippen LogP contribution is 2.34. The second-order valence-electron chi connectivity index (χ2n) is 6.24. The first-order valence-corrected chi connectivity index (χ1v) is 12.8. The summed E-state index contributed by atoms with van der Waals surface area (Å²) >= 11 is 0. The Bertz CT molecular complexity index is 457. The molecule has 0 saturated carbocycles. The molecule has 0 atom stereocenters. The third kappa shape index (κ3) is 3.90. The van der Waals surface area contributed by atoms with E-state index in [-0.39, 0.29) is 0 Å². The average molecular weight is 306 g/mol. The number of hydrogen-bond donors (Lipinski definition) is 0. The van der Waals surface area contributed by atoms with Gasteiger partial charge < -0.3 is 8.85 Å². The van der Waals surface area contributed by atoms with Crippen LogP contribution in [0.25, 0.3) is 0 Å². The first-order valence-electron chi connectivity index (χ1n) is 5.96. The SMILES string of the molecule is C[Si](C)(C)OC(C#N)(C#N)C(C#N)(C#N)O[Si](C)(C)C. The molecule has 6 nitrogen and oxygen atoms in total. The van der Waals surface area contributed by atoms with Crippen LogP contribution in [-0.4, -0.2) is 27.8 Å². The molecule has 0 unspecified atom stereocenters. The maximum absolute atomic E-state index is 9.39. The Hall–Kier alpha value is -1.69. The molecule has 0 aliphatic heterocycles. The van der Waals surface area contributed by atoms with Crippen LogP contribution in [0.15, 0.2) is 0 Å². The highest BCUT2D eigenvalue weighted by Gasteiger charge is 2.60. The van der Waals surface area contributed by atoms with E-state index in [2.05, 4.69) is 0 Å². The lowest BCUT2D eigenvalue weighted by atomic mass is 9.87. The van der Waals surface area contributed by atoms with E-state index in [1.165, 1.54) is 0 Å². The van der Waals surface area contributed by atoms with Gasteiger partial charge in [0.1, 0.15) is 24.3 Å². The van der Waals surface area contributed by atoms with Gasteiger partial charge in [0.25, 0.3) is 11.2 Å². The lowest BCUT2D eigenvalue weighted by Crippen LogP contribution is -2.61. The van der Waals surface area contributed by atoms with Crippen LogP contribution in [0, 0.1) is 45.3 Å². The third-order valence-corrected chi connectivity index (χ3v) is 3.88. The Morgan fingerprint density at radius 1 is 0.600 bits per heavy atom. The molecule has 0 aromatic heterocycles. The van der Waals surface area contributed by atoms with Crippen molar-refractivity contribution < 1.29 is 8.85 Å². The summed E-state index contributed by atoms with van der Waals surface area (Å²) in [5, 5.41) is 37.6. The van der Waals surface area contributed by atoms with Crippen LogP contribution in [-0.2, 0) is 8.85 Å². The fourth-order valence-corrected chi connectivity index (χ4v) is 3.83. The van der Waals surface area contributed by atoms with Gasteiger partial charge in [0.15, 0.2) is 16.6 Å². The highest BCUT2D eigenvalue weighted by molar-refractivity contribution is 6.70. The molecular formula is C12H18N4O2Si2. The first kappa shape index (κ1) is 18.3. The summed E-state index contributed by atoms with van der Waals surface area (Å²) in [6.45, 7) is 10.6. The summed E-state index contributed by atoms with van der Waals surface area (Å²) < 4.78 is 11.2. The number of rotatable bonds is 5. The number of nitrogens with zero attached hydrogens (tertiary/aromatic N) is 4. The van der Waals surface area contributed by atoms with Gasteiger partial charge in [0, 0.05) is 0 Å². The van der Waals surface area contributed by atoms with E-state index in [9.17, 15) is 21.0 Å². The molecule has 106 valence electrons. The highest BCUT2D eigenvalue weighted by atomic mass is 28.4. The predicted octanol–water partition coefficient (Wildman–Crippen LogP) is 2.26. The molecule has 0 aliphatic carbocycles. The molecule has 0 aromatic rings. The fraction of sp³-hybridized carbons (Fsp3) is 0.667. The Labute approximate surface area is 122 Å². The lowest BCUT2D eigenvalue weighted by molar-refractivity contribution is 0.0162. The molecule has 0 saturated heterocycles. The minimum Gasteiger partial charge on any atom is -0.386 e. The van der Waals surface area contributed by atoms with Crippen molar-refractivity contribution in [2.75, 3.05) is 0 Å². The smallest absolute Gasteiger partial charge is 0.288 e. The number of hydrogen-bond acceptors (Lipinski definition) is 6. The van der Waals surface area contributed by atoms with Crippen molar-refractivity contribution in [2.45, 2.75) is 50.5 Å². The van der Waals surface area contributed by atoms with Gasteiger partial charge in [-0.05, 0) is 39.3 Å². The van der Waals surface area contributed by atoms with E-state index in [0.717, 1.165) is 0 Å². The lowest BCUT2D eigenvalue weighted by Gasteiger charge is -2.38. The van der Waals surface area contributed by atoms with E-state index in [1.54, 1.807) is 63.6 Å². The van der Waals surface area contributed by atoms with Crippen LogP contribution in [0.2, 0.25) is 39.3 Å². The van der Waals surface area contributed by atoms with Crippen LogP contribution in [0.4, 0.5) is 0 Å². The minimum atomic E-state index is -2.36. The molecule has 0 rings (SSSR count). The molecule has 0 heterocycles. The zero-order valence-electron chi connectivity index (χ0n) is 12.6. The maximum atomic E-state index is 9.39. The zero-order valence-corrected chi connectivity index (χ0v) is 14.6. The van der Waals surface area contributed by atoms with Gasteiger partial charge >= 0.3 is 0 Å². The summed E-state index contributed by atoms with van der Waals surface area (Å²) in [6.07, 6.45) is 0. The minimum absolute atomic E-state index is 1.69. The molecule has 0 fully saturated rings. The van der Waals surface area contributed by atoms with E-state index >= 15 is 0 Å². The number of nitriles is 4. The molecule has 0 aromatic carbocycles. The van der Waals surface area contributed by atoms with E-state index in [0.29, 0.717) is 0 Å². The van der Waals surface area contributed by atoms with Gasteiger partial charge in [-0.2, -0.15) is 21.0 Å². The molecule has 0 N–H and O–H groups in total. The van der Waals surface area contributed by atoms with Crippen molar-refractivity contribution in [1.82, 2.24) is 0 Å². The average Bonchev–Trinajstić information content (AvgIpc) is 2.30. The molecule has 0 radical (unpaired) electrons. The Balaban J connectivity index is 6.14. The van der Waals surface area contributed by atoms with E-state index in [4.69, 9.17) is 8.85 Å². The van der Waals surface area contributed by atoms with Gasteiger partial charge in [0.05, 0.1) is 0 Å². The van der Waals surface area contributed by atoms with Gasteiger partial charge in [0.2, 0.25) is 0 Å². The standard InChI is InChI=1S/C12H18N4O2Si2/c1-19(2,3)17-11(7-13,8-14)12(9-15,10-16)18-20(4,5)6/h1-6H3. The predicted molar refractivity (Wildman–Crippen MR) is 76.8 cm³/mol. The van der Waals surface area contributed by atoms with E-state index < -0.39 is 27.8 Å². The Morgan fingerprint density at radius 3 is 0.900 bits per heavy atom. The van der Waals surface area contributed by atoms with Crippen LogP contribution in [0.1, 0.15) is 0 Å². The summed E-state index contributed by atoms with van der Waals surface area (Å²) in [4.78, 5) is 0. The van der Waals surface area contributed by atoms with Crippen LogP contribution >= 0.6 is 0 Å². The summed E-state index contributed by atoms with van der Waals surface area (Å²) in [5.41, 5.74) is -4.50. The second-order valence-corrected chi connectivity index (χ2v) is 15.1. The molecule has 20 heavy (non-hydrogen) atoms. The second kappa shape index (κ2) is 5.75. The Kier molecular flexibility index (Phi) is 5.26. The third-order valence-electron chi connectivity index (χ3n) is 2.04. The van der Waals surface area contributed by atoms with E-state index in [1.807, 2.05) is 0 Å². The van der Waals surface area contributed by atoms with Crippen LogP contribution in [0.5, 0.6) is 0 Å². The fourth-order valence-electron chi connectivity index (χ4n) is 1.52. The quantitative estimate of drug-likeness (QED) is 0.720. The molecule has 0 aliphatic rings. The topological polar surface area (TPSA) is 114 Å². The monoisotopic (exact) mass is 306 g/mol. The van der Waals surface area contributed by atoms with Crippen LogP contribution < -0.4 is 0 Å². The molecule has 0 spiro atoms.